The van der Waals surface area contributed by atoms with Crippen LogP contribution in [0.4, 0.5) is 0 Å². The van der Waals surface area contributed by atoms with Gasteiger partial charge in [-0.05, 0) is 75.7 Å². The average molecular weight is 800 g/mol. The first-order chi connectivity index (χ1) is 27.7. The highest BCUT2D eigenvalue weighted by molar-refractivity contribution is 8.00. The van der Waals surface area contributed by atoms with E-state index in [1.165, 1.54) is 52.0 Å². The maximum atomic E-state index is 9.04. The van der Waals surface area contributed by atoms with Crippen molar-refractivity contribution in [3.8, 4) is 11.1 Å². The molecule has 9 rings (SSSR count). The molecule has 0 saturated carbocycles. The molecule has 0 aromatic heterocycles. The van der Waals surface area contributed by atoms with Crippen molar-refractivity contribution >= 4 is 89.2 Å². The van der Waals surface area contributed by atoms with Crippen LogP contribution in [0, 0.1) is 0 Å². The third-order valence-electron chi connectivity index (χ3n) is 12.0. The maximum absolute atomic E-state index is 9.04. The molecule has 5 heteroatoms. The van der Waals surface area contributed by atoms with Gasteiger partial charge in [0.1, 0.15) is 16.1 Å². The van der Waals surface area contributed by atoms with E-state index in [-0.39, 0.29) is 5.41 Å². The zero-order valence-corrected chi connectivity index (χ0v) is 37.0. The van der Waals surface area contributed by atoms with Crippen molar-refractivity contribution in [1.82, 2.24) is 0 Å². The van der Waals surface area contributed by atoms with Crippen molar-refractivity contribution in [2.24, 2.45) is 0 Å². The Morgan fingerprint density at radius 1 is 0.473 bits per heavy atom. The van der Waals surface area contributed by atoms with Crippen LogP contribution >= 0.6 is 23.5 Å². The van der Waals surface area contributed by atoms with E-state index in [9.17, 15) is 0 Å². The van der Waals surface area contributed by atoms with E-state index in [1.807, 2.05) is 17.8 Å². The van der Waals surface area contributed by atoms with Crippen LogP contribution in [0.3, 0.4) is 0 Å². The van der Waals surface area contributed by atoms with E-state index in [2.05, 4.69) is 198 Å². The van der Waals surface area contributed by atoms with Gasteiger partial charge in [-0.1, -0.05) is 222 Å². The molecule has 0 saturated heterocycles. The van der Waals surface area contributed by atoms with E-state index < -0.39 is 30.7 Å². The molecule has 0 N–H and O–H groups in total. The van der Waals surface area contributed by atoms with Crippen LogP contribution < -0.4 is 41.5 Å². The fourth-order valence-corrected chi connectivity index (χ4v) is 25.1. The molecular formula is C50H48S2Si3. The number of fused-ring (bicyclic) bond motifs is 4. The van der Waals surface area contributed by atoms with Crippen molar-refractivity contribution in [1.29, 1.82) is 0 Å². The predicted molar refractivity (Wildman–Crippen MR) is 249 cm³/mol. The molecule has 0 bridgehead atoms. The molecule has 0 amide bonds. The number of hydrogen-bond acceptors (Lipinski definition) is 2. The summed E-state index contributed by atoms with van der Waals surface area (Å²) in [6.07, 6.45) is 0. The van der Waals surface area contributed by atoms with Gasteiger partial charge in [-0.3, -0.25) is 0 Å². The van der Waals surface area contributed by atoms with Gasteiger partial charge in [-0.25, -0.2) is 0 Å². The van der Waals surface area contributed by atoms with Crippen LogP contribution in [-0.4, -0.2) is 24.2 Å². The number of hydrogen-bond donors (Lipinski definition) is 0. The van der Waals surface area contributed by atoms with E-state index in [0.717, 1.165) is 25.7 Å². The Balaban J connectivity index is 1.39. The summed E-state index contributed by atoms with van der Waals surface area (Å²) >= 11 is 3.72. The van der Waals surface area contributed by atoms with Gasteiger partial charge in [0.05, 0.1) is 0 Å². The lowest BCUT2D eigenvalue weighted by molar-refractivity contribution is 0.592. The second kappa shape index (κ2) is 13.5. The molecule has 7 aromatic rings. The lowest BCUT2D eigenvalue weighted by Gasteiger charge is -2.40. The minimum Gasteiger partial charge on any atom is -0.0904 e. The Bertz CT molecular complexity index is 2670. The molecule has 0 aliphatic carbocycles. The van der Waals surface area contributed by atoms with E-state index in [4.69, 9.17) is 4.11 Å². The van der Waals surface area contributed by atoms with Crippen molar-refractivity contribution in [2.45, 2.75) is 71.9 Å². The summed E-state index contributed by atoms with van der Waals surface area (Å²) in [5, 5.41) is 10.5. The van der Waals surface area contributed by atoms with Crippen molar-refractivity contribution in [3.05, 3.63) is 169 Å². The Morgan fingerprint density at radius 3 is 1.58 bits per heavy atom. The Labute approximate surface area is 343 Å². The van der Waals surface area contributed by atoms with Crippen LogP contribution in [-0.2, 0) is 5.41 Å². The molecule has 7 aromatic carbocycles. The van der Waals surface area contributed by atoms with E-state index >= 15 is 0 Å². The van der Waals surface area contributed by atoms with Crippen molar-refractivity contribution < 1.29 is 4.11 Å². The van der Waals surface area contributed by atoms with Gasteiger partial charge in [0.25, 0.3) is 0 Å². The molecule has 0 nitrogen and oxygen atoms in total. The zero-order valence-electron chi connectivity index (χ0n) is 35.4. The molecule has 0 fully saturated rings. The topological polar surface area (TPSA) is 0 Å². The van der Waals surface area contributed by atoms with Crippen LogP contribution in [0.5, 0.6) is 0 Å². The first kappa shape index (κ1) is 33.1. The van der Waals surface area contributed by atoms with Crippen LogP contribution in [0.25, 0.3) is 11.1 Å². The van der Waals surface area contributed by atoms with Gasteiger partial charge in [-0.15, -0.1) is 0 Å². The van der Waals surface area contributed by atoms with E-state index in [1.54, 1.807) is 11.8 Å². The number of rotatable bonds is 5. The van der Waals surface area contributed by atoms with Gasteiger partial charge < -0.3 is 0 Å². The molecule has 0 spiro atoms. The highest BCUT2D eigenvalue weighted by Gasteiger charge is 2.47. The third-order valence-corrected chi connectivity index (χ3v) is 26.7. The van der Waals surface area contributed by atoms with Crippen molar-refractivity contribution in [2.75, 3.05) is 0 Å². The molecule has 272 valence electrons. The highest BCUT2D eigenvalue weighted by atomic mass is 32.2. The predicted octanol–water partition coefficient (Wildman–Crippen LogP) is 8.60. The third kappa shape index (κ3) is 5.76. The second-order valence-electron chi connectivity index (χ2n) is 16.8. The summed E-state index contributed by atoms with van der Waals surface area (Å²) in [5.74, 6) is 0. The van der Waals surface area contributed by atoms with Gasteiger partial charge in [0.2, 0.25) is 0 Å². The summed E-state index contributed by atoms with van der Waals surface area (Å²) in [6, 6.07) is 61.0. The zero-order chi connectivity index (χ0) is 40.7. The Kier molecular flexibility index (Phi) is 8.13. The monoisotopic (exact) mass is 799 g/mol. The fraction of sp³-hybridized carbons (Fsp3) is 0.160. The molecule has 1 atom stereocenters. The summed E-state index contributed by atoms with van der Waals surface area (Å²) < 4.78 is 27.1. The van der Waals surface area contributed by atoms with Crippen LogP contribution in [0.1, 0.15) is 30.4 Å². The summed E-state index contributed by atoms with van der Waals surface area (Å²) in [6.45, 7) is 11.9. The largest absolute Gasteiger partial charge is 0.180 e. The first-order valence-electron chi connectivity index (χ1n) is 20.8. The molecular weight excluding hydrogens is 749 g/mol. The van der Waals surface area contributed by atoms with E-state index in [0.29, 0.717) is 0 Å². The van der Waals surface area contributed by atoms with Crippen LogP contribution in [0.15, 0.2) is 183 Å². The van der Waals surface area contributed by atoms with Crippen molar-refractivity contribution in [3.63, 3.8) is 0 Å². The first-order valence-corrected chi connectivity index (χ1v) is 28.4. The molecule has 1 unspecified atom stereocenters. The molecule has 0 radical (unpaired) electrons. The minimum absolute atomic E-state index is 0.177. The Hall–Kier alpha value is -4.11. The number of benzene rings is 7. The molecule has 2 aliphatic heterocycles. The standard InChI is InChI=1S/C50H48S2Si3/c1-50(2,3)40-33-32-37(34-39(40)38-24-18-29-45-48(38)51-41-25-14-16-27-43(41)53(45,4)5)55(35-20-10-8-11-21-35,36-22-12-9-13-23-36)47-31-19-30-46-49(47)52-42-26-15-17-28-44(42)54(46,6)7/h8-34H,1-7H3/i4D3. The summed E-state index contributed by atoms with van der Waals surface area (Å²) in [5.41, 5.74) is 3.40. The lowest BCUT2D eigenvalue weighted by atomic mass is 9.82. The van der Waals surface area contributed by atoms with Gasteiger partial charge >= 0.3 is 0 Å². The smallest absolute Gasteiger partial charge is 0.0904 e. The fourth-order valence-electron chi connectivity index (χ4n) is 9.24. The highest BCUT2D eigenvalue weighted by Crippen LogP contribution is 2.42. The van der Waals surface area contributed by atoms with Crippen LogP contribution in [0.2, 0.25) is 26.1 Å². The minimum atomic E-state index is -3.19. The quantitative estimate of drug-likeness (QED) is 0.127. The molecule has 2 heterocycles. The van der Waals surface area contributed by atoms with Gasteiger partial charge in [0.15, 0.2) is 8.07 Å². The lowest BCUT2D eigenvalue weighted by Crippen LogP contribution is -2.76. The molecule has 55 heavy (non-hydrogen) atoms. The normalized spacial score (nSPS) is 18.1. The Morgan fingerprint density at radius 2 is 0.982 bits per heavy atom. The molecule has 2 aliphatic rings. The SMILES string of the molecule is [2H]C([2H])([2H])[Si]1(C)c2ccccc2Sc2c(-c3cc([Si](c4ccccc4)(c4ccccc4)c4cccc5c4Sc4ccccc4[Si]5(C)C)ccc3C(C)(C)C)cccc21. The van der Waals surface area contributed by atoms with Gasteiger partial charge in [-0.2, -0.15) is 0 Å². The maximum Gasteiger partial charge on any atom is 0.180 e. The average Bonchev–Trinajstić information content (AvgIpc) is 3.21. The second-order valence-corrected chi connectivity index (χ2v) is 30.3. The van der Waals surface area contributed by atoms with Gasteiger partial charge in [0, 0.05) is 23.7 Å². The summed E-state index contributed by atoms with van der Waals surface area (Å²) in [4.78, 5) is 4.96. The summed E-state index contributed by atoms with van der Waals surface area (Å²) in [7, 11) is -8.29.